The van der Waals surface area contributed by atoms with E-state index >= 15 is 0 Å². The summed E-state index contributed by atoms with van der Waals surface area (Å²) in [6.45, 7) is 4.21. The second-order valence-electron chi connectivity index (χ2n) is 4.73. The zero-order valence-electron chi connectivity index (χ0n) is 11.0. The molecule has 1 fully saturated rings. The molecular weight excluding hydrogens is 242 g/mol. The normalized spacial score (nSPS) is 25.4. The average Bonchev–Trinajstić information content (AvgIpc) is 2.35. The topological polar surface area (TPSA) is 41.6 Å². The molecule has 0 aromatic rings. The van der Waals surface area contributed by atoms with E-state index in [9.17, 15) is 13.6 Å². The Bertz CT molecular complexity index is 264. The lowest BCUT2D eigenvalue weighted by Crippen LogP contribution is -2.50. The number of likely N-dealkylation sites (tertiary alicyclic amines) is 1. The summed E-state index contributed by atoms with van der Waals surface area (Å²) in [5.74, 6) is -0.0492. The maximum absolute atomic E-state index is 12.2. The van der Waals surface area contributed by atoms with Crippen LogP contribution in [0.1, 0.15) is 19.8 Å². The van der Waals surface area contributed by atoms with Gasteiger partial charge in [-0.05, 0) is 18.9 Å². The van der Waals surface area contributed by atoms with Crippen LogP contribution in [0, 0.1) is 5.92 Å². The Hall–Kier alpha value is -0.750. The molecule has 0 aromatic carbocycles. The van der Waals surface area contributed by atoms with Gasteiger partial charge in [-0.15, -0.1) is 0 Å². The summed E-state index contributed by atoms with van der Waals surface area (Å²) in [6, 6.07) is 0.0300. The molecule has 2 unspecified atom stereocenters. The fourth-order valence-corrected chi connectivity index (χ4v) is 2.43. The highest BCUT2D eigenvalue weighted by atomic mass is 19.3. The Morgan fingerprint density at radius 2 is 2.22 bits per heavy atom. The summed E-state index contributed by atoms with van der Waals surface area (Å²) in [5, 5.41) is 2.86. The van der Waals surface area contributed by atoms with Gasteiger partial charge in [-0.3, -0.25) is 4.79 Å². The van der Waals surface area contributed by atoms with Crippen molar-refractivity contribution in [3.63, 3.8) is 0 Å². The van der Waals surface area contributed by atoms with Gasteiger partial charge < -0.3 is 15.0 Å². The SMILES string of the molecule is CCN1CC(CC(=O)OC)CC(NCC(F)F)C1. The van der Waals surface area contributed by atoms with Gasteiger partial charge in [0.25, 0.3) is 6.43 Å². The van der Waals surface area contributed by atoms with Crippen molar-refractivity contribution in [2.24, 2.45) is 5.92 Å². The van der Waals surface area contributed by atoms with E-state index in [2.05, 4.69) is 15.0 Å². The number of halogens is 2. The number of carbonyl (C=O) groups excluding carboxylic acids is 1. The third-order valence-corrected chi connectivity index (χ3v) is 3.30. The van der Waals surface area contributed by atoms with Crippen LogP contribution >= 0.6 is 0 Å². The summed E-state index contributed by atoms with van der Waals surface area (Å²) in [6.07, 6.45) is -1.22. The third-order valence-electron chi connectivity index (χ3n) is 3.30. The molecule has 1 aliphatic rings. The highest BCUT2D eigenvalue weighted by Crippen LogP contribution is 2.20. The van der Waals surface area contributed by atoms with Crippen LogP contribution in [0.5, 0.6) is 0 Å². The number of ether oxygens (including phenoxy) is 1. The zero-order valence-corrected chi connectivity index (χ0v) is 11.0. The van der Waals surface area contributed by atoms with E-state index in [4.69, 9.17) is 0 Å². The highest BCUT2D eigenvalue weighted by Gasteiger charge is 2.28. The quantitative estimate of drug-likeness (QED) is 0.730. The highest BCUT2D eigenvalue weighted by molar-refractivity contribution is 5.69. The number of hydrogen-bond donors (Lipinski definition) is 1. The van der Waals surface area contributed by atoms with Gasteiger partial charge in [-0.1, -0.05) is 6.92 Å². The minimum atomic E-state index is -2.33. The molecule has 0 spiro atoms. The molecule has 106 valence electrons. The number of esters is 1. The molecule has 1 heterocycles. The second kappa shape index (κ2) is 7.63. The van der Waals surface area contributed by atoms with E-state index in [1.54, 1.807) is 0 Å². The lowest BCUT2D eigenvalue weighted by molar-refractivity contribution is -0.142. The van der Waals surface area contributed by atoms with Gasteiger partial charge in [0, 0.05) is 25.6 Å². The Morgan fingerprint density at radius 1 is 1.50 bits per heavy atom. The Labute approximate surface area is 107 Å². The van der Waals surface area contributed by atoms with Crippen molar-refractivity contribution in [2.75, 3.05) is 33.3 Å². The number of piperidine rings is 1. The van der Waals surface area contributed by atoms with Gasteiger partial charge >= 0.3 is 5.97 Å². The summed E-state index contributed by atoms with van der Waals surface area (Å²) in [5.41, 5.74) is 0. The second-order valence-corrected chi connectivity index (χ2v) is 4.73. The molecule has 4 nitrogen and oxygen atoms in total. The molecule has 0 aromatic heterocycles. The van der Waals surface area contributed by atoms with Crippen molar-refractivity contribution in [2.45, 2.75) is 32.2 Å². The predicted molar refractivity (Wildman–Crippen MR) is 64.6 cm³/mol. The zero-order chi connectivity index (χ0) is 13.5. The molecule has 6 heteroatoms. The van der Waals surface area contributed by atoms with Crippen LogP contribution in [0.3, 0.4) is 0 Å². The van der Waals surface area contributed by atoms with E-state index in [1.165, 1.54) is 7.11 Å². The number of likely N-dealkylation sites (N-methyl/N-ethyl adjacent to an activating group) is 1. The molecule has 2 atom stereocenters. The number of nitrogens with one attached hydrogen (secondary N) is 1. The monoisotopic (exact) mass is 264 g/mol. The molecule has 1 aliphatic heterocycles. The fraction of sp³-hybridized carbons (Fsp3) is 0.917. The summed E-state index contributed by atoms with van der Waals surface area (Å²) >= 11 is 0. The molecule has 0 bridgehead atoms. The van der Waals surface area contributed by atoms with Gasteiger partial charge in [0.15, 0.2) is 0 Å². The lowest BCUT2D eigenvalue weighted by atomic mass is 9.91. The van der Waals surface area contributed by atoms with Gasteiger partial charge in [-0.2, -0.15) is 0 Å². The number of nitrogens with zero attached hydrogens (tertiary/aromatic N) is 1. The number of methoxy groups -OCH3 is 1. The van der Waals surface area contributed by atoms with E-state index in [-0.39, 0.29) is 24.5 Å². The molecule has 0 saturated carbocycles. The van der Waals surface area contributed by atoms with Crippen LogP contribution in [0.25, 0.3) is 0 Å². The molecule has 1 N–H and O–H groups in total. The van der Waals surface area contributed by atoms with Crippen LogP contribution in [0.15, 0.2) is 0 Å². The predicted octanol–water partition coefficient (Wildman–Crippen LogP) is 1.11. The smallest absolute Gasteiger partial charge is 0.305 e. The minimum Gasteiger partial charge on any atom is -0.469 e. The largest absolute Gasteiger partial charge is 0.469 e. The summed E-state index contributed by atoms with van der Waals surface area (Å²) in [7, 11) is 1.37. The Kier molecular flexibility index (Phi) is 6.49. The van der Waals surface area contributed by atoms with E-state index < -0.39 is 6.43 Å². The molecule has 1 rings (SSSR count). The van der Waals surface area contributed by atoms with Crippen molar-refractivity contribution < 1.29 is 18.3 Å². The molecule has 0 amide bonds. The Morgan fingerprint density at radius 3 is 2.78 bits per heavy atom. The van der Waals surface area contributed by atoms with E-state index in [0.717, 1.165) is 26.1 Å². The van der Waals surface area contributed by atoms with Crippen molar-refractivity contribution in [3.8, 4) is 0 Å². The van der Waals surface area contributed by atoms with Gasteiger partial charge in [-0.25, -0.2) is 8.78 Å². The number of alkyl halides is 2. The van der Waals surface area contributed by atoms with Gasteiger partial charge in [0.2, 0.25) is 0 Å². The first-order valence-electron chi connectivity index (χ1n) is 6.35. The number of rotatable bonds is 6. The van der Waals surface area contributed by atoms with Crippen LogP contribution in [-0.4, -0.2) is 56.6 Å². The maximum Gasteiger partial charge on any atom is 0.305 e. The molecule has 0 aliphatic carbocycles. The van der Waals surface area contributed by atoms with Crippen molar-refractivity contribution in [1.82, 2.24) is 10.2 Å². The first-order valence-corrected chi connectivity index (χ1v) is 6.35. The third kappa shape index (κ3) is 5.27. The lowest BCUT2D eigenvalue weighted by Gasteiger charge is -2.37. The molecule has 1 saturated heterocycles. The number of hydrogen-bond acceptors (Lipinski definition) is 4. The van der Waals surface area contributed by atoms with Gasteiger partial charge in [0.05, 0.1) is 13.7 Å². The Balaban J connectivity index is 2.46. The fourth-order valence-electron chi connectivity index (χ4n) is 2.43. The first kappa shape index (κ1) is 15.3. The maximum atomic E-state index is 12.2. The number of carbonyl (C=O) groups is 1. The van der Waals surface area contributed by atoms with Crippen LogP contribution in [-0.2, 0) is 9.53 Å². The minimum absolute atomic E-state index is 0.0300. The van der Waals surface area contributed by atoms with Gasteiger partial charge in [0.1, 0.15) is 0 Å². The summed E-state index contributed by atoms with van der Waals surface area (Å²) in [4.78, 5) is 13.4. The van der Waals surface area contributed by atoms with E-state index in [0.29, 0.717) is 6.42 Å². The van der Waals surface area contributed by atoms with E-state index in [1.807, 2.05) is 6.92 Å². The van der Waals surface area contributed by atoms with Crippen molar-refractivity contribution in [3.05, 3.63) is 0 Å². The van der Waals surface area contributed by atoms with Crippen LogP contribution in [0.2, 0.25) is 0 Å². The van der Waals surface area contributed by atoms with Crippen LogP contribution in [0.4, 0.5) is 8.78 Å². The standard InChI is InChI=1S/C12H22F2N2O2/c1-3-16-7-9(5-12(17)18-2)4-10(8-16)15-6-11(13)14/h9-11,15H,3-8H2,1-2H3. The molecular formula is C12H22F2N2O2. The first-order chi connectivity index (χ1) is 8.55. The van der Waals surface area contributed by atoms with Crippen LogP contribution < -0.4 is 5.32 Å². The summed E-state index contributed by atoms with van der Waals surface area (Å²) < 4.78 is 29.0. The van der Waals surface area contributed by atoms with Crippen molar-refractivity contribution in [1.29, 1.82) is 0 Å². The average molecular weight is 264 g/mol. The molecule has 0 radical (unpaired) electrons. The molecule has 18 heavy (non-hydrogen) atoms. The van der Waals surface area contributed by atoms with Crippen molar-refractivity contribution >= 4 is 5.97 Å².